The van der Waals surface area contributed by atoms with Crippen molar-refractivity contribution in [1.82, 2.24) is 0 Å². The summed E-state index contributed by atoms with van der Waals surface area (Å²) in [5, 5.41) is 3.62. The highest BCUT2D eigenvalue weighted by molar-refractivity contribution is 7.99. The number of rotatable bonds is 6. The first-order valence-electron chi connectivity index (χ1n) is 6.83. The average Bonchev–Trinajstić information content (AvgIpc) is 2.95. The number of fused-ring (bicyclic) bond motifs is 1. The fourth-order valence-electron chi connectivity index (χ4n) is 2.63. The third-order valence-corrected chi connectivity index (χ3v) is 4.74. The Bertz CT molecular complexity index is 358. The van der Waals surface area contributed by atoms with Gasteiger partial charge in [-0.2, -0.15) is 0 Å². The summed E-state index contributed by atoms with van der Waals surface area (Å²) in [4.78, 5) is 2.80. The Morgan fingerprint density at radius 2 is 1.89 bits per heavy atom. The predicted octanol–water partition coefficient (Wildman–Crippen LogP) is 3.08. The Labute approximate surface area is 117 Å². The van der Waals surface area contributed by atoms with Gasteiger partial charge in [0.05, 0.1) is 12.6 Å². The van der Waals surface area contributed by atoms with E-state index in [0.717, 1.165) is 18.6 Å². The van der Waals surface area contributed by atoms with Crippen molar-refractivity contribution >= 4 is 11.8 Å². The normalized spacial score (nSPS) is 35.9. The predicted molar refractivity (Wildman–Crippen MR) is 73.9 cm³/mol. The zero-order valence-electron chi connectivity index (χ0n) is 11.6. The van der Waals surface area contributed by atoms with Gasteiger partial charge in [-0.15, -0.1) is 11.8 Å². The number of azide groups is 1. The number of ether oxygens (including phenoxy) is 3. The van der Waals surface area contributed by atoms with Gasteiger partial charge in [0.2, 0.25) is 0 Å². The lowest BCUT2D eigenvalue weighted by atomic mass is 10.1. The molecule has 4 atom stereocenters. The summed E-state index contributed by atoms with van der Waals surface area (Å²) in [6.07, 6.45) is 1.23. The Kier molecular flexibility index (Phi) is 4.97. The van der Waals surface area contributed by atoms with Gasteiger partial charge in [0, 0.05) is 4.91 Å². The number of hydrogen-bond acceptors (Lipinski definition) is 5. The SMILES string of the molecule is CCS[C@@H]1O[C@H](CN=[N+]=[N-])C2OC(CC)(CC)OC21. The van der Waals surface area contributed by atoms with Crippen LogP contribution in [0.25, 0.3) is 10.4 Å². The fraction of sp³-hybridized carbons (Fsp3) is 1.00. The van der Waals surface area contributed by atoms with Crippen molar-refractivity contribution in [3.8, 4) is 0 Å². The largest absolute Gasteiger partial charge is 0.359 e. The molecule has 0 aliphatic carbocycles. The van der Waals surface area contributed by atoms with Gasteiger partial charge < -0.3 is 14.2 Å². The van der Waals surface area contributed by atoms with Gasteiger partial charge in [-0.1, -0.05) is 25.9 Å². The standard InChI is InChI=1S/C12H21N3O3S/c1-4-12(5-2)17-9-8(7-14-15-13)16-11(19-6-3)10(9)18-12/h8-11H,4-7H2,1-3H3/t8-,9?,10?,11+/m1/s1. The maximum Gasteiger partial charge on any atom is 0.169 e. The monoisotopic (exact) mass is 287 g/mol. The summed E-state index contributed by atoms with van der Waals surface area (Å²) in [6.45, 7) is 6.52. The third-order valence-electron chi connectivity index (χ3n) is 3.70. The van der Waals surface area contributed by atoms with Crippen LogP contribution in [0.2, 0.25) is 0 Å². The molecule has 2 heterocycles. The molecule has 0 aromatic heterocycles. The van der Waals surface area contributed by atoms with Gasteiger partial charge in [0.15, 0.2) is 5.79 Å². The van der Waals surface area contributed by atoms with Crippen LogP contribution in [-0.4, -0.2) is 41.8 Å². The van der Waals surface area contributed by atoms with Crippen LogP contribution >= 0.6 is 11.8 Å². The zero-order chi connectivity index (χ0) is 13.9. The molecular weight excluding hydrogens is 266 g/mol. The average molecular weight is 287 g/mol. The summed E-state index contributed by atoms with van der Waals surface area (Å²) < 4.78 is 18.2. The molecule has 0 spiro atoms. The van der Waals surface area contributed by atoms with Crippen molar-refractivity contribution in [3.63, 3.8) is 0 Å². The van der Waals surface area contributed by atoms with E-state index in [-0.39, 0.29) is 23.7 Å². The highest BCUT2D eigenvalue weighted by Gasteiger charge is 2.56. The minimum absolute atomic E-state index is 0.0335. The molecule has 0 amide bonds. The van der Waals surface area contributed by atoms with Crippen LogP contribution in [0.1, 0.15) is 33.6 Å². The molecule has 2 aliphatic heterocycles. The van der Waals surface area contributed by atoms with Gasteiger partial charge in [-0.05, 0) is 24.1 Å². The first kappa shape index (κ1) is 14.9. The van der Waals surface area contributed by atoms with Crippen LogP contribution < -0.4 is 0 Å². The summed E-state index contributed by atoms with van der Waals surface area (Å²) in [5.41, 5.74) is 8.42. The molecular formula is C12H21N3O3S. The van der Waals surface area contributed by atoms with Gasteiger partial charge in [0.1, 0.15) is 17.6 Å². The molecule has 19 heavy (non-hydrogen) atoms. The van der Waals surface area contributed by atoms with E-state index in [4.69, 9.17) is 19.7 Å². The molecule has 0 N–H and O–H groups in total. The van der Waals surface area contributed by atoms with Crippen molar-refractivity contribution in [2.24, 2.45) is 5.11 Å². The molecule has 0 bridgehead atoms. The van der Waals surface area contributed by atoms with Crippen LogP contribution in [-0.2, 0) is 14.2 Å². The smallest absolute Gasteiger partial charge is 0.169 e. The Hall–Kier alpha value is -0.460. The second kappa shape index (κ2) is 6.33. The molecule has 0 aromatic carbocycles. The van der Waals surface area contributed by atoms with Crippen molar-refractivity contribution in [3.05, 3.63) is 10.4 Å². The Morgan fingerprint density at radius 1 is 1.21 bits per heavy atom. The molecule has 108 valence electrons. The van der Waals surface area contributed by atoms with E-state index in [0.29, 0.717) is 6.54 Å². The van der Waals surface area contributed by atoms with Gasteiger partial charge >= 0.3 is 0 Å². The van der Waals surface area contributed by atoms with Crippen LogP contribution in [0.4, 0.5) is 0 Å². The maximum absolute atomic E-state index is 8.46. The van der Waals surface area contributed by atoms with Gasteiger partial charge in [-0.3, -0.25) is 0 Å². The van der Waals surface area contributed by atoms with Crippen molar-refractivity contribution < 1.29 is 14.2 Å². The fourth-order valence-corrected chi connectivity index (χ4v) is 3.58. The second-order valence-corrected chi connectivity index (χ2v) is 6.07. The van der Waals surface area contributed by atoms with Crippen LogP contribution in [0.3, 0.4) is 0 Å². The molecule has 2 fully saturated rings. The first-order valence-corrected chi connectivity index (χ1v) is 7.88. The quantitative estimate of drug-likeness (QED) is 0.427. The van der Waals surface area contributed by atoms with Crippen LogP contribution in [0.15, 0.2) is 5.11 Å². The van der Waals surface area contributed by atoms with E-state index in [1.165, 1.54) is 0 Å². The number of hydrogen-bond donors (Lipinski definition) is 0. The van der Waals surface area contributed by atoms with E-state index in [2.05, 4.69) is 30.8 Å². The zero-order valence-corrected chi connectivity index (χ0v) is 12.4. The topological polar surface area (TPSA) is 76.5 Å². The third kappa shape index (κ3) is 2.85. The summed E-state index contributed by atoms with van der Waals surface area (Å²) in [6, 6.07) is 0. The van der Waals surface area contributed by atoms with E-state index in [1.807, 2.05) is 0 Å². The summed E-state index contributed by atoms with van der Waals surface area (Å²) in [5.74, 6) is 0.455. The van der Waals surface area contributed by atoms with Crippen molar-refractivity contribution in [1.29, 1.82) is 0 Å². The molecule has 7 heteroatoms. The van der Waals surface area contributed by atoms with Gasteiger partial charge in [0.25, 0.3) is 0 Å². The van der Waals surface area contributed by atoms with E-state index in [1.54, 1.807) is 11.8 Å². The highest BCUT2D eigenvalue weighted by Crippen LogP contribution is 2.44. The first-order chi connectivity index (χ1) is 9.19. The molecule has 6 nitrogen and oxygen atoms in total. The molecule has 2 saturated heterocycles. The van der Waals surface area contributed by atoms with Crippen LogP contribution in [0, 0.1) is 0 Å². The minimum atomic E-state index is -0.500. The van der Waals surface area contributed by atoms with E-state index in [9.17, 15) is 0 Å². The van der Waals surface area contributed by atoms with E-state index < -0.39 is 5.79 Å². The second-order valence-electron chi connectivity index (χ2n) is 4.69. The molecule has 0 saturated carbocycles. The van der Waals surface area contributed by atoms with Crippen LogP contribution in [0.5, 0.6) is 0 Å². The lowest BCUT2D eigenvalue weighted by Crippen LogP contribution is -2.34. The lowest BCUT2D eigenvalue weighted by molar-refractivity contribution is -0.204. The Balaban J connectivity index is 2.13. The number of thioether (sulfide) groups is 1. The minimum Gasteiger partial charge on any atom is -0.359 e. The van der Waals surface area contributed by atoms with Crippen molar-refractivity contribution in [2.45, 2.75) is 63.1 Å². The number of nitrogens with zero attached hydrogens (tertiary/aromatic N) is 3. The lowest BCUT2D eigenvalue weighted by Gasteiger charge is -2.28. The summed E-state index contributed by atoms with van der Waals surface area (Å²) in [7, 11) is 0. The van der Waals surface area contributed by atoms with Gasteiger partial charge in [-0.25, -0.2) is 0 Å². The molecule has 2 unspecified atom stereocenters. The van der Waals surface area contributed by atoms with Crippen molar-refractivity contribution in [2.75, 3.05) is 12.3 Å². The Morgan fingerprint density at radius 3 is 2.47 bits per heavy atom. The molecule has 0 aromatic rings. The molecule has 2 aliphatic rings. The molecule has 2 rings (SSSR count). The maximum atomic E-state index is 8.46. The highest BCUT2D eigenvalue weighted by atomic mass is 32.2. The van der Waals surface area contributed by atoms with E-state index >= 15 is 0 Å². The summed E-state index contributed by atoms with van der Waals surface area (Å²) >= 11 is 1.71. The molecule has 0 radical (unpaired) electrons.